The molecule has 0 aromatic heterocycles. The number of aliphatic hydroxyl groups excluding tert-OH is 1. The molecule has 86 valence electrons. The molecule has 0 fully saturated rings. The molecule has 0 radical (unpaired) electrons. The Morgan fingerprint density at radius 1 is 1.14 bits per heavy atom. The van der Waals surface area contributed by atoms with Crippen molar-refractivity contribution in [2.24, 2.45) is 0 Å². The Labute approximate surface area is 75.5 Å². The highest BCUT2D eigenvalue weighted by Crippen LogP contribution is 2.34. The van der Waals surface area contributed by atoms with Crippen LogP contribution in [-0.2, 0) is 4.74 Å². The fraction of sp³-hybridized carbons (Fsp3) is 1.00. The Kier molecular flexibility index (Phi) is 4.66. The van der Waals surface area contributed by atoms with Crippen molar-refractivity contribution in [3.05, 3.63) is 0 Å². The second-order valence-corrected chi connectivity index (χ2v) is 2.44. The first-order valence-electron chi connectivity index (χ1n) is 3.49. The molecule has 0 aliphatic heterocycles. The van der Waals surface area contributed by atoms with Crippen LogP contribution in [0.25, 0.3) is 0 Å². The molecule has 8 heteroatoms. The van der Waals surface area contributed by atoms with Crippen LogP contribution < -0.4 is 0 Å². The number of aliphatic hydroxyl groups is 1. The fourth-order valence-corrected chi connectivity index (χ4v) is 0.585. The van der Waals surface area contributed by atoms with Gasteiger partial charge in [-0.25, -0.2) is 13.2 Å². The number of halogens is 6. The predicted molar refractivity (Wildman–Crippen MR) is 33.8 cm³/mol. The van der Waals surface area contributed by atoms with Gasteiger partial charge in [0.1, 0.15) is 6.61 Å². The van der Waals surface area contributed by atoms with Gasteiger partial charge in [0.25, 0.3) is 6.17 Å². The van der Waals surface area contributed by atoms with E-state index in [0.717, 1.165) is 0 Å². The van der Waals surface area contributed by atoms with Crippen LogP contribution in [0.5, 0.6) is 0 Å². The molecule has 1 N–H and O–H groups in total. The van der Waals surface area contributed by atoms with Gasteiger partial charge in [-0.1, -0.05) is 0 Å². The lowest BCUT2D eigenvalue weighted by Crippen LogP contribution is -2.44. The highest BCUT2D eigenvalue weighted by molar-refractivity contribution is 4.82. The summed E-state index contributed by atoms with van der Waals surface area (Å²) in [4.78, 5) is 0. The van der Waals surface area contributed by atoms with Crippen molar-refractivity contribution in [2.45, 2.75) is 18.3 Å². The topological polar surface area (TPSA) is 29.5 Å². The van der Waals surface area contributed by atoms with Gasteiger partial charge in [0.15, 0.2) is 0 Å². The van der Waals surface area contributed by atoms with E-state index in [4.69, 9.17) is 5.11 Å². The van der Waals surface area contributed by atoms with Gasteiger partial charge < -0.3 is 9.84 Å². The normalized spacial score (nSPS) is 15.6. The number of ether oxygens (including phenoxy) is 1. The lowest BCUT2D eigenvalue weighted by Gasteiger charge is -2.22. The first kappa shape index (κ1) is 13.5. The molecule has 0 spiro atoms. The Balaban J connectivity index is 4.16. The highest BCUT2D eigenvalue weighted by Gasteiger charge is 2.56. The number of hydrogen-bond donors (Lipinski definition) is 1. The van der Waals surface area contributed by atoms with Crippen LogP contribution in [0.15, 0.2) is 0 Å². The van der Waals surface area contributed by atoms with Crippen molar-refractivity contribution in [2.75, 3.05) is 19.8 Å². The zero-order chi connectivity index (χ0) is 11.4. The molecule has 0 aliphatic rings. The third kappa shape index (κ3) is 4.14. The van der Waals surface area contributed by atoms with Crippen molar-refractivity contribution in [3.63, 3.8) is 0 Å². The first-order valence-corrected chi connectivity index (χ1v) is 3.49. The summed E-state index contributed by atoms with van der Waals surface area (Å²) in [6.07, 6.45) is -9.87. The third-order valence-corrected chi connectivity index (χ3v) is 1.19. The molecule has 0 rings (SSSR count). The fourth-order valence-electron chi connectivity index (χ4n) is 0.585. The monoisotopic (exact) mass is 226 g/mol. The van der Waals surface area contributed by atoms with Crippen molar-refractivity contribution < 1.29 is 36.2 Å². The summed E-state index contributed by atoms with van der Waals surface area (Å²) in [6.45, 7) is -2.91. The minimum atomic E-state index is -5.62. The molecular formula is C6H8F6O2. The van der Waals surface area contributed by atoms with Gasteiger partial charge in [0.05, 0.1) is 13.2 Å². The standard InChI is InChI=1S/C6H8F6O2/c7-4(6(10,11)12)5(8,9)3-14-2-1-13/h4,13H,1-3H2/t4-/m1/s1. The zero-order valence-corrected chi connectivity index (χ0v) is 6.82. The van der Waals surface area contributed by atoms with E-state index in [2.05, 4.69) is 4.74 Å². The molecule has 0 bridgehead atoms. The van der Waals surface area contributed by atoms with Crippen LogP contribution in [0.3, 0.4) is 0 Å². The molecule has 0 saturated carbocycles. The van der Waals surface area contributed by atoms with Crippen LogP contribution in [-0.4, -0.2) is 43.2 Å². The summed E-state index contributed by atoms with van der Waals surface area (Å²) in [5, 5.41) is 8.08. The maximum Gasteiger partial charge on any atom is 0.425 e. The third-order valence-electron chi connectivity index (χ3n) is 1.19. The maximum absolute atomic E-state index is 12.3. The Hall–Kier alpha value is -0.500. The van der Waals surface area contributed by atoms with Crippen LogP contribution in [0.2, 0.25) is 0 Å². The van der Waals surface area contributed by atoms with Gasteiger partial charge >= 0.3 is 12.1 Å². The quantitative estimate of drug-likeness (QED) is 0.569. The highest BCUT2D eigenvalue weighted by atomic mass is 19.4. The van der Waals surface area contributed by atoms with Gasteiger partial charge in [-0.3, -0.25) is 0 Å². The van der Waals surface area contributed by atoms with Crippen molar-refractivity contribution in [1.82, 2.24) is 0 Å². The lowest BCUT2D eigenvalue weighted by molar-refractivity contribution is -0.255. The van der Waals surface area contributed by atoms with Gasteiger partial charge in [-0.2, -0.15) is 13.2 Å². The van der Waals surface area contributed by atoms with Crippen molar-refractivity contribution in [3.8, 4) is 0 Å². The molecule has 0 amide bonds. The van der Waals surface area contributed by atoms with Crippen LogP contribution in [0, 0.1) is 0 Å². The molecule has 0 unspecified atom stereocenters. The molecule has 0 aromatic rings. The molecule has 1 atom stereocenters. The van der Waals surface area contributed by atoms with Gasteiger partial charge in [0, 0.05) is 0 Å². The Morgan fingerprint density at radius 3 is 2.00 bits per heavy atom. The predicted octanol–water partition coefficient (Wildman–Crippen LogP) is 1.53. The van der Waals surface area contributed by atoms with Crippen LogP contribution in [0.1, 0.15) is 0 Å². The summed E-state index contributed by atoms with van der Waals surface area (Å²) >= 11 is 0. The number of hydrogen-bond acceptors (Lipinski definition) is 2. The van der Waals surface area contributed by atoms with Gasteiger partial charge in [0.2, 0.25) is 0 Å². The lowest BCUT2D eigenvalue weighted by atomic mass is 10.2. The van der Waals surface area contributed by atoms with E-state index in [0.29, 0.717) is 0 Å². The second kappa shape index (κ2) is 4.83. The average Bonchev–Trinajstić information content (AvgIpc) is 2.01. The molecule has 0 heterocycles. The minimum absolute atomic E-state index is 0.569. The average molecular weight is 226 g/mol. The summed E-state index contributed by atoms with van der Waals surface area (Å²) in [7, 11) is 0. The SMILES string of the molecule is OCCOCC(F)(F)[C@@H](F)C(F)(F)F. The molecule has 2 nitrogen and oxygen atoms in total. The number of alkyl halides is 6. The maximum atomic E-state index is 12.3. The Morgan fingerprint density at radius 2 is 1.64 bits per heavy atom. The second-order valence-electron chi connectivity index (χ2n) is 2.44. The van der Waals surface area contributed by atoms with Gasteiger partial charge in [-0.15, -0.1) is 0 Å². The molecular weight excluding hydrogens is 218 g/mol. The summed E-state index contributed by atoms with van der Waals surface area (Å²) in [5.74, 6) is -4.63. The minimum Gasteiger partial charge on any atom is -0.394 e. The number of rotatable bonds is 5. The summed E-state index contributed by atoms with van der Waals surface area (Å²) in [6, 6.07) is 0. The first-order chi connectivity index (χ1) is 6.22. The summed E-state index contributed by atoms with van der Waals surface area (Å²) < 4.78 is 75.2. The van der Waals surface area contributed by atoms with E-state index in [1.165, 1.54) is 0 Å². The van der Waals surface area contributed by atoms with E-state index in [1.54, 1.807) is 0 Å². The van der Waals surface area contributed by atoms with Crippen LogP contribution >= 0.6 is 0 Å². The van der Waals surface area contributed by atoms with E-state index in [-0.39, 0.29) is 0 Å². The van der Waals surface area contributed by atoms with E-state index in [1.807, 2.05) is 0 Å². The Bertz CT molecular complexity index is 168. The molecule has 0 saturated heterocycles. The van der Waals surface area contributed by atoms with Gasteiger partial charge in [-0.05, 0) is 0 Å². The molecule has 0 aromatic carbocycles. The molecule has 14 heavy (non-hydrogen) atoms. The van der Waals surface area contributed by atoms with E-state index in [9.17, 15) is 26.3 Å². The van der Waals surface area contributed by atoms with Crippen molar-refractivity contribution >= 4 is 0 Å². The summed E-state index contributed by atoms with van der Waals surface area (Å²) in [5.41, 5.74) is 0. The largest absolute Gasteiger partial charge is 0.425 e. The van der Waals surface area contributed by atoms with Crippen LogP contribution in [0.4, 0.5) is 26.3 Å². The van der Waals surface area contributed by atoms with Crippen molar-refractivity contribution in [1.29, 1.82) is 0 Å². The van der Waals surface area contributed by atoms with E-state index >= 15 is 0 Å². The smallest absolute Gasteiger partial charge is 0.394 e. The van der Waals surface area contributed by atoms with E-state index < -0.39 is 38.1 Å². The molecule has 0 aliphatic carbocycles. The zero-order valence-electron chi connectivity index (χ0n) is 6.82.